The van der Waals surface area contributed by atoms with Gasteiger partial charge in [0.1, 0.15) is 0 Å². The first kappa shape index (κ1) is 7.56. The third-order valence-electron chi connectivity index (χ3n) is 0.759. The Kier molecular flexibility index (Phi) is 3.35. The molecule has 2 nitrogen and oxygen atoms in total. The van der Waals surface area contributed by atoms with Crippen LogP contribution in [0.1, 0.15) is 0 Å². The highest BCUT2D eigenvalue weighted by atomic mass is 32.2. The van der Waals surface area contributed by atoms with Gasteiger partial charge in [-0.2, -0.15) is 0 Å². The van der Waals surface area contributed by atoms with E-state index in [4.69, 9.17) is 0 Å². The molecular weight excluding hydrogens is 122 g/mol. The molecule has 0 spiro atoms. The third-order valence-corrected chi connectivity index (χ3v) is 1.49. The van der Waals surface area contributed by atoms with E-state index in [1.807, 2.05) is 6.26 Å². The van der Waals surface area contributed by atoms with Crippen molar-refractivity contribution in [2.45, 2.75) is 0 Å². The first-order chi connectivity index (χ1) is 3.72. The lowest BCUT2D eigenvalue weighted by molar-refractivity contribution is -0.120. The lowest BCUT2D eigenvalue weighted by Crippen LogP contribution is -2.15. The average molecular weight is 131 g/mol. The molecule has 0 aromatic heterocycles. The fraction of sp³-hybridized carbons (Fsp3) is 0.400. The number of amides is 1. The number of nitrogens with zero attached hydrogens (tertiary/aromatic N) is 1. The topological polar surface area (TPSA) is 20.3 Å². The Morgan fingerprint density at radius 3 is 2.50 bits per heavy atom. The Balaban J connectivity index is 3.62. The fourth-order valence-corrected chi connectivity index (χ4v) is 0.473. The molecule has 0 saturated carbocycles. The van der Waals surface area contributed by atoms with Crippen molar-refractivity contribution in [2.24, 2.45) is 0 Å². The summed E-state index contributed by atoms with van der Waals surface area (Å²) in [5.41, 5.74) is 0. The summed E-state index contributed by atoms with van der Waals surface area (Å²) in [6, 6.07) is 0. The smallest absolute Gasteiger partial charge is 0.255 e. The van der Waals surface area contributed by atoms with Crippen molar-refractivity contribution in [3.05, 3.63) is 12.7 Å². The first-order valence-corrected chi connectivity index (χ1v) is 3.34. The van der Waals surface area contributed by atoms with Crippen LogP contribution < -0.4 is 0 Å². The van der Waals surface area contributed by atoms with Crippen LogP contribution in [-0.2, 0) is 4.79 Å². The van der Waals surface area contributed by atoms with Crippen molar-refractivity contribution in [1.29, 1.82) is 0 Å². The van der Waals surface area contributed by atoms with Gasteiger partial charge in [0.15, 0.2) is 0 Å². The fourth-order valence-electron chi connectivity index (χ4n) is 0.219. The largest absolute Gasteiger partial charge is 0.286 e. The maximum atomic E-state index is 10.5. The molecule has 0 aromatic carbocycles. The van der Waals surface area contributed by atoms with Crippen molar-refractivity contribution in [2.75, 3.05) is 13.3 Å². The highest BCUT2D eigenvalue weighted by molar-refractivity contribution is 7.96. The minimum atomic E-state index is -0.0579. The Bertz CT molecular complexity index is 103. The van der Waals surface area contributed by atoms with Gasteiger partial charge in [-0.1, -0.05) is 18.5 Å². The monoisotopic (exact) mass is 131 g/mol. The zero-order valence-corrected chi connectivity index (χ0v) is 5.86. The minimum Gasteiger partial charge on any atom is -0.286 e. The first-order valence-electron chi connectivity index (χ1n) is 2.16. The normalized spacial score (nSPS) is 8.25. The van der Waals surface area contributed by atoms with Gasteiger partial charge in [0, 0.05) is 13.3 Å². The maximum Gasteiger partial charge on any atom is 0.255 e. The van der Waals surface area contributed by atoms with Gasteiger partial charge in [0.2, 0.25) is 0 Å². The summed E-state index contributed by atoms with van der Waals surface area (Å²) in [5.74, 6) is -0.0579. The Hall–Kier alpha value is -0.440. The molecule has 8 heavy (non-hydrogen) atoms. The molecule has 0 N–H and O–H groups in total. The standard InChI is InChI=1S/C5H9NOS/c1-4-5(7)6(2)8-3/h4H,1H2,2-3H3. The third kappa shape index (κ3) is 2.02. The van der Waals surface area contributed by atoms with Gasteiger partial charge in [-0.3, -0.25) is 9.10 Å². The van der Waals surface area contributed by atoms with Crippen LogP contribution in [0.2, 0.25) is 0 Å². The second-order valence-electron chi connectivity index (χ2n) is 1.22. The van der Waals surface area contributed by atoms with Gasteiger partial charge in [-0.05, 0) is 6.08 Å². The molecule has 0 fully saturated rings. The Morgan fingerprint density at radius 2 is 2.38 bits per heavy atom. The van der Waals surface area contributed by atoms with Gasteiger partial charge in [0.25, 0.3) is 5.91 Å². The van der Waals surface area contributed by atoms with Crippen LogP contribution in [0.5, 0.6) is 0 Å². The van der Waals surface area contributed by atoms with Gasteiger partial charge in [0.05, 0.1) is 0 Å². The highest BCUT2D eigenvalue weighted by Crippen LogP contribution is 1.99. The number of carbonyl (C=O) groups excluding carboxylic acids is 1. The summed E-state index contributed by atoms with van der Waals surface area (Å²) in [4.78, 5) is 10.5. The summed E-state index contributed by atoms with van der Waals surface area (Å²) in [7, 11) is 1.70. The summed E-state index contributed by atoms with van der Waals surface area (Å²) >= 11 is 1.37. The van der Waals surface area contributed by atoms with Crippen LogP contribution in [0.3, 0.4) is 0 Å². The van der Waals surface area contributed by atoms with Gasteiger partial charge < -0.3 is 0 Å². The Labute approximate surface area is 53.7 Å². The van der Waals surface area contributed by atoms with Crippen molar-refractivity contribution < 1.29 is 4.79 Å². The van der Waals surface area contributed by atoms with Crippen molar-refractivity contribution in [3.8, 4) is 0 Å². The summed E-state index contributed by atoms with van der Waals surface area (Å²) in [6.07, 6.45) is 3.12. The summed E-state index contributed by atoms with van der Waals surface area (Å²) in [6.45, 7) is 3.33. The molecule has 0 heterocycles. The number of hydrogen-bond acceptors (Lipinski definition) is 2. The lowest BCUT2D eigenvalue weighted by atomic mass is 10.6. The van der Waals surface area contributed by atoms with E-state index < -0.39 is 0 Å². The minimum absolute atomic E-state index is 0.0579. The van der Waals surface area contributed by atoms with E-state index in [1.165, 1.54) is 22.3 Å². The van der Waals surface area contributed by atoms with Crippen LogP contribution in [0.25, 0.3) is 0 Å². The van der Waals surface area contributed by atoms with Crippen molar-refractivity contribution in [3.63, 3.8) is 0 Å². The molecule has 1 amide bonds. The maximum absolute atomic E-state index is 10.5. The quantitative estimate of drug-likeness (QED) is 0.410. The van der Waals surface area contributed by atoms with E-state index in [1.54, 1.807) is 7.05 Å². The van der Waals surface area contributed by atoms with E-state index in [2.05, 4.69) is 6.58 Å². The van der Waals surface area contributed by atoms with Gasteiger partial charge in [-0.15, -0.1) is 0 Å². The molecule has 0 radical (unpaired) electrons. The molecule has 0 rings (SSSR count). The molecule has 0 aliphatic rings. The molecule has 0 aromatic rings. The summed E-state index contributed by atoms with van der Waals surface area (Å²) in [5, 5.41) is 0. The second kappa shape index (κ2) is 3.55. The van der Waals surface area contributed by atoms with E-state index >= 15 is 0 Å². The number of hydrogen-bond donors (Lipinski definition) is 0. The van der Waals surface area contributed by atoms with Crippen LogP contribution >= 0.6 is 11.9 Å². The van der Waals surface area contributed by atoms with Crippen LogP contribution in [0.15, 0.2) is 12.7 Å². The van der Waals surface area contributed by atoms with Crippen molar-refractivity contribution in [1.82, 2.24) is 4.31 Å². The second-order valence-corrected chi connectivity index (χ2v) is 2.14. The van der Waals surface area contributed by atoms with Gasteiger partial charge in [-0.25, -0.2) is 0 Å². The molecule has 0 saturated heterocycles. The highest BCUT2D eigenvalue weighted by Gasteiger charge is 1.98. The molecule has 0 bridgehead atoms. The lowest BCUT2D eigenvalue weighted by Gasteiger charge is -2.07. The van der Waals surface area contributed by atoms with Crippen LogP contribution in [0.4, 0.5) is 0 Å². The zero-order chi connectivity index (χ0) is 6.57. The van der Waals surface area contributed by atoms with Crippen LogP contribution in [-0.4, -0.2) is 23.5 Å². The molecular formula is C5H9NOS. The molecule has 0 aliphatic heterocycles. The molecule has 0 aliphatic carbocycles. The number of likely N-dealkylation sites (N-methyl/N-ethyl adjacent to an activating group) is 1. The van der Waals surface area contributed by atoms with Crippen molar-refractivity contribution >= 4 is 17.9 Å². The van der Waals surface area contributed by atoms with Crippen LogP contribution in [0, 0.1) is 0 Å². The predicted molar refractivity (Wildman–Crippen MR) is 36.5 cm³/mol. The summed E-state index contributed by atoms with van der Waals surface area (Å²) < 4.78 is 1.51. The zero-order valence-electron chi connectivity index (χ0n) is 5.05. The number of rotatable bonds is 2. The molecule has 0 unspecified atom stereocenters. The predicted octanol–water partition coefficient (Wildman–Crippen LogP) is 0.909. The molecule has 3 heteroatoms. The average Bonchev–Trinajstić information content (AvgIpc) is 1.84. The molecule has 0 atom stereocenters. The SMILES string of the molecule is C=CC(=O)N(C)SC. The van der Waals surface area contributed by atoms with E-state index in [0.29, 0.717) is 0 Å². The molecule has 46 valence electrons. The van der Waals surface area contributed by atoms with E-state index in [-0.39, 0.29) is 5.91 Å². The van der Waals surface area contributed by atoms with E-state index in [9.17, 15) is 4.79 Å². The number of carbonyl (C=O) groups is 1. The van der Waals surface area contributed by atoms with Gasteiger partial charge >= 0.3 is 0 Å². The van der Waals surface area contributed by atoms with E-state index in [0.717, 1.165) is 0 Å². The Morgan fingerprint density at radius 1 is 1.88 bits per heavy atom.